The second-order valence-corrected chi connectivity index (χ2v) is 9.81. The van der Waals surface area contributed by atoms with Crippen LogP contribution in [0.25, 0.3) is 33.1 Å². The van der Waals surface area contributed by atoms with Crippen LogP contribution in [0.5, 0.6) is 5.75 Å². The van der Waals surface area contributed by atoms with E-state index < -0.39 is 5.92 Å². The number of Topliss-reactive ketones (excluding diaryl/α,β-unsaturated/α-hetero) is 2. The lowest BCUT2D eigenvalue weighted by atomic mass is 9.72. The molecule has 5 nitrogen and oxygen atoms in total. The van der Waals surface area contributed by atoms with Crippen LogP contribution in [0.3, 0.4) is 0 Å². The Hall–Kier alpha value is -5.16. The third kappa shape index (κ3) is 3.20. The van der Waals surface area contributed by atoms with Crippen molar-refractivity contribution in [3.63, 3.8) is 0 Å². The predicted octanol–water partition coefficient (Wildman–Crippen LogP) is 7.42. The highest BCUT2D eigenvalue weighted by Crippen LogP contribution is 2.48. The summed E-state index contributed by atoms with van der Waals surface area (Å²) in [6.07, 6.45) is 0. The van der Waals surface area contributed by atoms with Gasteiger partial charge in [0.05, 0.1) is 18.3 Å². The van der Waals surface area contributed by atoms with E-state index in [-0.39, 0.29) is 34.2 Å². The van der Waals surface area contributed by atoms with Gasteiger partial charge in [0.25, 0.3) is 0 Å². The normalized spacial score (nSPS) is 14.6. The zero-order valence-electron chi connectivity index (χ0n) is 20.9. The molecule has 0 radical (unpaired) electrons. The number of aliphatic hydroxyl groups excluding tert-OH is 2. The van der Waals surface area contributed by atoms with Crippen LogP contribution in [0.15, 0.2) is 108 Å². The number of carbonyl (C=O) groups is 2. The maximum Gasteiger partial charge on any atom is 0.194 e. The smallest absolute Gasteiger partial charge is 0.194 e. The number of benzene rings is 5. The van der Waals surface area contributed by atoms with Crippen molar-refractivity contribution in [2.75, 3.05) is 7.11 Å². The first kappa shape index (κ1) is 23.0. The Morgan fingerprint density at radius 1 is 0.564 bits per heavy atom. The van der Waals surface area contributed by atoms with E-state index in [1.165, 1.54) is 0 Å². The van der Waals surface area contributed by atoms with Crippen molar-refractivity contribution in [3.8, 4) is 5.75 Å². The maximum atomic E-state index is 14.2. The number of carbonyl (C=O) groups excluding carboxylic acids is 2. The first-order valence-electron chi connectivity index (χ1n) is 12.6. The molecular formula is C34H22O5. The van der Waals surface area contributed by atoms with Gasteiger partial charge in [0.15, 0.2) is 11.6 Å². The van der Waals surface area contributed by atoms with Gasteiger partial charge in [-0.05, 0) is 28.5 Å². The average Bonchev–Trinajstić information content (AvgIpc) is 2.97. The standard InChI is InChI=1S/C34H22O5/c1-39-21-16-14-20(15-17-21)28(29-31(35)22-10-2-6-18-7-3-11-23(26(18)22)32(29)36)30-33(37)24-12-4-8-19-9-5-13-25(27(19)24)34(30)38/h2-17,28,35,37H,1H3. The Balaban J connectivity index is 1.56. The van der Waals surface area contributed by atoms with E-state index in [1.807, 2.05) is 36.4 Å². The van der Waals surface area contributed by atoms with Gasteiger partial charge in [0.1, 0.15) is 17.3 Å². The lowest BCUT2D eigenvalue weighted by Gasteiger charge is -2.30. The summed E-state index contributed by atoms with van der Waals surface area (Å²) in [5.41, 5.74) is 2.59. The Bertz CT molecular complexity index is 1810. The van der Waals surface area contributed by atoms with E-state index in [4.69, 9.17) is 4.74 Å². The molecule has 0 atom stereocenters. The molecule has 5 aromatic carbocycles. The van der Waals surface area contributed by atoms with E-state index in [2.05, 4.69) is 0 Å². The van der Waals surface area contributed by atoms with Gasteiger partial charge >= 0.3 is 0 Å². The number of aliphatic hydroxyl groups is 2. The van der Waals surface area contributed by atoms with Crippen molar-refractivity contribution in [3.05, 3.63) is 136 Å². The highest BCUT2D eigenvalue weighted by Gasteiger charge is 2.41. The minimum atomic E-state index is -1.04. The second kappa shape index (κ2) is 8.43. The molecule has 0 saturated heterocycles. The summed E-state index contributed by atoms with van der Waals surface area (Å²) < 4.78 is 5.34. The Morgan fingerprint density at radius 2 is 0.974 bits per heavy atom. The summed E-state index contributed by atoms with van der Waals surface area (Å²) in [5.74, 6) is -1.61. The van der Waals surface area contributed by atoms with E-state index in [1.54, 1.807) is 67.8 Å². The molecule has 5 aromatic rings. The molecule has 39 heavy (non-hydrogen) atoms. The molecule has 0 heterocycles. The van der Waals surface area contributed by atoms with Crippen LogP contribution in [0, 0.1) is 0 Å². The fourth-order valence-electron chi connectivity index (χ4n) is 6.06. The van der Waals surface area contributed by atoms with Crippen molar-refractivity contribution in [2.45, 2.75) is 5.92 Å². The number of ketones is 2. The molecule has 188 valence electrons. The zero-order valence-corrected chi connectivity index (χ0v) is 20.9. The molecule has 2 aliphatic carbocycles. The minimum absolute atomic E-state index is 0.0489. The third-order valence-electron chi connectivity index (χ3n) is 7.83. The topological polar surface area (TPSA) is 83.8 Å². The van der Waals surface area contributed by atoms with Crippen molar-refractivity contribution >= 4 is 44.6 Å². The van der Waals surface area contributed by atoms with Crippen LogP contribution in [0.2, 0.25) is 0 Å². The summed E-state index contributed by atoms with van der Waals surface area (Å²) in [5, 5.41) is 26.4. The van der Waals surface area contributed by atoms with Gasteiger partial charge in [0.2, 0.25) is 0 Å². The quantitative estimate of drug-likeness (QED) is 0.263. The minimum Gasteiger partial charge on any atom is -0.507 e. The first-order chi connectivity index (χ1) is 19.0. The summed E-state index contributed by atoms with van der Waals surface area (Å²) in [6.45, 7) is 0. The van der Waals surface area contributed by atoms with Crippen molar-refractivity contribution < 1.29 is 24.5 Å². The molecule has 0 spiro atoms. The highest BCUT2D eigenvalue weighted by atomic mass is 16.5. The Labute approximate surface area is 223 Å². The van der Waals surface area contributed by atoms with Gasteiger partial charge in [-0.2, -0.15) is 0 Å². The lowest BCUT2D eigenvalue weighted by Crippen LogP contribution is -2.25. The van der Waals surface area contributed by atoms with Crippen LogP contribution in [0.4, 0.5) is 0 Å². The summed E-state index contributed by atoms with van der Waals surface area (Å²) in [6, 6.07) is 28.8. The Kier molecular flexibility index (Phi) is 4.97. The summed E-state index contributed by atoms with van der Waals surface area (Å²) >= 11 is 0. The molecule has 0 aliphatic heterocycles. The monoisotopic (exact) mass is 510 g/mol. The van der Waals surface area contributed by atoms with Crippen LogP contribution >= 0.6 is 0 Å². The van der Waals surface area contributed by atoms with Gasteiger partial charge < -0.3 is 14.9 Å². The number of hydrogen-bond acceptors (Lipinski definition) is 5. The van der Waals surface area contributed by atoms with Crippen molar-refractivity contribution in [1.29, 1.82) is 0 Å². The van der Waals surface area contributed by atoms with Crippen LogP contribution in [0.1, 0.15) is 43.3 Å². The molecule has 2 aliphatic rings. The number of allylic oxidation sites excluding steroid dienone is 2. The van der Waals surface area contributed by atoms with E-state index in [0.29, 0.717) is 44.3 Å². The fraction of sp³-hybridized carbons (Fsp3) is 0.0588. The van der Waals surface area contributed by atoms with Crippen molar-refractivity contribution in [1.82, 2.24) is 0 Å². The largest absolute Gasteiger partial charge is 0.507 e. The number of methoxy groups -OCH3 is 1. The SMILES string of the molecule is COc1ccc(C(C2=C(O)c3cccc4cccc(c34)C2=O)C2=C(O)c3cccc4cccc(c34)C2=O)cc1. The van der Waals surface area contributed by atoms with Gasteiger partial charge in [-0.15, -0.1) is 0 Å². The number of ether oxygens (including phenoxy) is 1. The van der Waals surface area contributed by atoms with E-state index in [0.717, 1.165) is 10.8 Å². The number of hydrogen-bond donors (Lipinski definition) is 2. The van der Waals surface area contributed by atoms with Crippen LogP contribution in [-0.2, 0) is 0 Å². The molecule has 0 fully saturated rings. The first-order valence-corrected chi connectivity index (χ1v) is 12.6. The van der Waals surface area contributed by atoms with Crippen LogP contribution < -0.4 is 4.74 Å². The van der Waals surface area contributed by atoms with E-state index in [9.17, 15) is 19.8 Å². The molecule has 0 amide bonds. The van der Waals surface area contributed by atoms with Crippen LogP contribution in [-0.4, -0.2) is 28.9 Å². The zero-order chi connectivity index (χ0) is 26.8. The Morgan fingerprint density at radius 3 is 1.38 bits per heavy atom. The van der Waals surface area contributed by atoms with Gasteiger partial charge in [-0.3, -0.25) is 9.59 Å². The molecule has 0 unspecified atom stereocenters. The second-order valence-electron chi connectivity index (χ2n) is 9.81. The maximum absolute atomic E-state index is 14.2. The highest BCUT2D eigenvalue weighted by molar-refractivity contribution is 6.29. The van der Waals surface area contributed by atoms with Gasteiger partial charge in [0, 0.05) is 38.9 Å². The molecule has 7 rings (SSSR count). The van der Waals surface area contributed by atoms with Gasteiger partial charge in [-0.1, -0.05) is 84.9 Å². The number of rotatable bonds is 4. The molecule has 0 saturated carbocycles. The molecule has 0 aromatic heterocycles. The molecule has 2 N–H and O–H groups in total. The molecular weight excluding hydrogens is 488 g/mol. The molecule has 5 heteroatoms. The summed E-state index contributed by atoms with van der Waals surface area (Å²) in [4.78, 5) is 28.4. The average molecular weight is 511 g/mol. The van der Waals surface area contributed by atoms with E-state index >= 15 is 0 Å². The third-order valence-corrected chi connectivity index (χ3v) is 7.83. The lowest BCUT2D eigenvalue weighted by molar-refractivity contribution is 0.101. The van der Waals surface area contributed by atoms with Crippen molar-refractivity contribution in [2.24, 2.45) is 0 Å². The predicted molar refractivity (Wildman–Crippen MR) is 151 cm³/mol. The summed E-state index contributed by atoms with van der Waals surface area (Å²) in [7, 11) is 1.56. The van der Waals surface area contributed by atoms with Gasteiger partial charge in [-0.25, -0.2) is 0 Å². The molecule has 0 bridgehead atoms. The fourth-order valence-corrected chi connectivity index (χ4v) is 6.06.